The number of hydrogen-bond donors (Lipinski definition) is 0. The van der Waals surface area contributed by atoms with Gasteiger partial charge in [-0.3, -0.25) is 4.79 Å². The molecule has 0 aromatic heterocycles. The Kier molecular flexibility index (Phi) is 3.62. The zero-order valence-electron chi connectivity index (χ0n) is 10.1. The van der Waals surface area contributed by atoms with E-state index >= 15 is 0 Å². The van der Waals surface area contributed by atoms with Crippen LogP contribution in [0.25, 0.3) is 0 Å². The van der Waals surface area contributed by atoms with Gasteiger partial charge in [-0.05, 0) is 49.2 Å². The van der Waals surface area contributed by atoms with Crippen molar-refractivity contribution in [3.63, 3.8) is 0 Å². The molecule has 0 atom stereocenters. The number of ketones is 1. The third-order valence-electron chi connectivity index (χ3n) is 2.82. The first-order valence-electron chi connectivity index (χ1n) is 5.56. The van der Waals surface area contributed by atoms with E-state index in [4.69, 9.17) is 0 Å². The van der Waals surface area contributed by atoms with E-state index in [1.165, 1.54) is 12.1 Å². The summed E-state index contributed by atoms with van der Waals surface area (Å²) in [5.41, 5.74) is 2.56. The summed E-state index contributed by atoms with van der Waals surface area (Å²) in [5, 5.41) is 0. The van der Waals surface area contributed by atoms with E-state index in [2.05, 4.69) is 15.9 Å². The zero-order valence-corrected chi connectivity index (χ0v) is 11.7. The number of carbonyl (C=O) groups excluding carboxylic acids is 1. The van der Waals surface area contributed by atoms with Gasteiger partial charge in [-0.1, -0.05) is 28.1 Å². The molecule has 2 rings (SSSR count). The quantitative estimate of drug-likeness (QED) is 0.750. The van der Waals surface area contributed by atoms with Crippen molar-refractivity contribution < 1.29 is 9.18 Å². The minimum absolute atomic E-state index is 0.110. The molecule has 0 unspecified atom stereocenters. The fourth-order valence-electron chi connectivity index (χ4n) is 1.88. The maximum atomic E-state index is 13.6. The van der Waals surface area contributed by atoms with E-state index in [1.807, 2.05) is 13.8 Å². The van der Waals surface area contributed by atoms with Gasteiger partial charge in [-0.15, -0.1) is 0 Å². The van der Waals surface area contributed by atoms with Gasteiger partial charge in [0, 0.05) is 10.0 Å². The molecular weight excluding hydrogens is 295 g/mol. The summed E-state index contributed by atoms with van der Waals surface area (Å²) in [6.07, 6.45) is 0. The molecule has 0 aliphatic rings. The minimum atomic E-state index is -0.485. The summed E-state index contributed by atoms with van der Waals surface area (Å²) in [6, 6.07) is 9.58. The summed E-state index contributed by atoms with van der Waals surface area (Å²) in [4.78, 5) is 12.2. The van der Waals surface area contributed by atoms with Crippen molar-refractivity contribution in [2.24, 2.45) is 0 Å². The average Bonchev–Trinajstić information content (AvgIpc) is 2.35. The molecule has 0 saturated carbocycles. The van der Waals surface area contributed by atoms with E-state index in [9.17, 15) is 9.18 Å². The van der Waals surface area contributed by atoms with Crippen LogP contribution in [0.2, 0.25) is 0 Å². The summed E-state index contributed by atoms with van der Waals surface area (Å²) in [5.74, 6) is -0.771. The normalized spacial score (nSPS) is 10.4. The SMILES string of the molecule is Cc1cc(C(=O)c2ccccc2F)cc(C)c1Br. The topological polar surface area (TPSA) is 17.1 Å². The Hall–Kier alpha value is -1.48. The lowest BCUT2D eigenvalue weighted by Gasteiger charge is -2.08. The predicted molar refractivity (Wildman–Crippen MR) is 73.4 cm³/mol. The molecule has 0 N–H and O–H groups in total. The van der Waals surface area contributed by atoms with Gasteiger partial charge in [0.25, 0.3) is 0 Å². The van der Waals surface area contributed by atoms with E-state index in [0.717, 1.165) is 15.6 Å². The van der Waals surface area contributed by atoms with E-state index in [0.29, 0.717) is 5.56 Å². The van der Waals surface area contributed by atoms with Crippen molar-refractivity contribution in [1.82, 2.24) is 0 Å². The number of hydrogen-bond acceptors (Lipinski definition) is 1. The molecule has 2 aromatic rings. The minimum Gasteiger partial charge on any atom is -0.288 e. The number of aryl methyl sites for hydroxylation is 2. The Bertz CT molecular complexity index is 597. The molecule has 18 heavy (non-hydrogen) atoms. The van der Waals surface area contributed by atoms with Crippen LogP contribution in [0.3, 0.4) is 0 Å². The molecule has 2 aromatic carbocycles. The van der Waals surface area contributed by atoms with Crippen LogP contribution in [0, 0.1) is 19.7 Å². The molecule has 0 fully saturated rings. The Morgan fingerprint density at radius 2 is 1.67 bits per heavy atom. The molecule has 0 saturated heterocycles. The van der Waals surface area contributed by atoms with Gasteiger partial charge in [0.1, 0.15) is 5.82 Å². The molecule has 0 amide bonds. The Morgan fingerprint density at radius 3 is 2.22 bits per heavy atom. The summed E-state index contributed by atoms with van der Waals surface area (Å²) in [6.45, 7) is 3.82. The smallest absolute Gasteiger partial charge is 0.195 e. The molecule has 0 aliphatic heterocycles. The van der Waals surface area contributed by atoms with Gasteiger partial charge in [0.05, 0.1) is 5.56 Å². The second-order valence-corrected chi connectivity index (χ2v) is 5.03. The van der Waals surface area contributed by atoms with Crippen LogP contribution in [-0.2, 0) is 0 Å². The average molecular weight is 307 g/mol. The lowest BCUT2D eigenvalue weighted by atomic mass is 9.99. The largest absolute Gasteiger partial charge is 0.288 e. The second-order valence-electron chi connectivity index (χ2n) is 4.23. The molecule has 0 heterocycles. The van der Waals surface area contributed by atoms with E-state index < -0.39 is 5.82 Å². The highest BCUT2D eigenvalue weighted by Gasteiger charge is 2.15. The van der Waals surface area contributed by atoms with Crippen molar-refractivity contribution in [2.45, 2.75) is 13.8 Å². The summed E-state index contributed by atoms with van der Waals surface area (Å²) >= 11 is 3.45. The monoisotopic (exact) mass is 306 g/mol. The van der Waals surface area contributed by atoms with Crippen LogP contribution in [0.5, 0.6) is 0 Å². The molecule has 1 nitrogen and oxygen atoms in total. The van der Waals surface area contributed by atoms with E-state index in [-0.39, 0.29) is 11.3 Å². The van der Waals surface area contributed by atoms with Crippen molar-refractivity contribution in [1.29, 1.82) is 0 Å². The Labute approximate surface area is 114 Å². The van der Waals surface area contributed by atoms with Crippen LogP contribution in [0.1, 0.15) is 27.0 Å². The van der Waals surface area contributed by atoms with Gasteiger partial charge in [-0.25, -0.2) is 4.39 Å². The van der Waals surface area contributed by atoms with Crippen molar-refractivity contribution >= 4 is 21.7 Å². The van der Waals surface area contributed by atoms with E-state index in [1.54, 1.807) is 24.3 Å². The lowest BCUT2D eigenvalue weighted by molar-refractivity contribution is 0.103. The number of halogens is 2. The van der Waals surface area contributed by atoms with Gasteiger partial charge >= 0.3 is 0 Å². The highest BCUT2D eigenvalue weighted by Crippen LogP contribution is 2.24. The maximum absolute atomic E-state index is 13.6. The first-order chi connectivity index (χ1) is 8.50. The standard InChI is InChI=1S/C15H12BrFO/c1-9-7-11(8-10(2)14(9)16)15(18)12-5-3-4-6-13(12)17/h3-8H,1-2H3. The van der Waals surface area contributed by atoms with Crippen molar-refractivity contribution in [3.05, 3.63) is 68.9 Å². The van der Waals surface area contributed by atoms with Crippen LogP contribution in [-0.4, -0.2) is 5.78 Å². The lowest BCUT2D eigenvalue weighted by Crippen LogP contribution is -2.05. The van der Waals surface area contributed by atoms with Gasteiger partial charge in [0.2, 0.25) is 0 Å². The van der Waals surface area contributed by atoms with Crippen LogP contribution < -0.4 is 0 Å². The van der Waals surface area contributed by atoms with Gasteiger partial charge in [-0.2, -0.15) is 0 Å². The fourth-order valence-corrected chi connectivity index (χ4v) is 2.11. The third kappa shape index (κ3) is 2.36. The maximum Gasteiger partial charge on any atom is 0.195 e. The van der Waals surface area contributed by atoms with Crippen LogP contribution in [0.15, 0.2) is 40.9 Å². The number of rotatable bonds is 2. The molecule has 0 radical (unpaired) electrons. The highest BCUT2D eigenvalue weighted by atomic mass is 79.9. The third-order valence-corrected chi connectivity index (χ3v) is 4.07. The van der Waals surface area contributed by atoms with Gasteiger partial charge < -0.3 is 0 Å². The number of benzene rings is 2. The van der Waals surface area contributed by atoms with Crippen molar-refractivity contribution in [2.75, 3.05) is 0 Å². The molecular formula is C15H12BrFO. The molecule has 0 aliphatic carbocycles. The highest BCUT2D eigenvalue weighted by molar-refractivity contribution is 9.10. The van der Waals surface area contributed by atoms with Crippen molar-refractivity contribution in [3.8, 4) is 0 Å². The van der Waals surface area contributed by atoms with Gasteiger partial charge in [0.15, 0.2) is 5.78 Å². The fraction of sp³-hybridized carbons (Fsp3) is 0.133. The zero-order chi connectivity index (χ0) is 13.3. The Morgan fingerprint density at radius 1 is 1.11 bits per heavy atom. The first kappa shape index (κ1) is 13.0. The predicted octanol–water partition coefficient (Wildman–Crippen LogP) is 4.44. The molecule has 3 heteroatoms. The summed E-state index contributed by atoms with van der Waals surface area (Å²) < 4.78 is 14.6. The summed E-state index contributed by atoms with van der Waals surface area (Å²) in [7, 11) is 0. The van der Waals surface area contributed by atoms with Crippen LogP contribution in [0.4, 0.5) is 4.39 Å². The number of carbonyl (C=O) groups is 1. The van der Waals surface area contributed by atoms with Crippen LogP contribution >= 0.6 is 15.9 Å². The Balaban J connectivity index is 2.51. The molecule has 0 spiro atoms. The first-order valence-corrected chi connectivity index (χ1v) is 6.36. The molecule has 0 bridgehead atoms. The second kappa shape index (κ2) is 5.02. The molecule has 92 valence electrons.